The zero-order valence-electron chi connectivity index (χ0n) is 21.4. The fourth-order valence-electron chi connectivity index (χ4n) is 5.61. The average molecular weight is 560 g/mol. The van der Waals surface area contributed by atoms with E-state index in [9.17, 15) is 35.5 Å². The Kier molecular flexibility index (Phi) is 9.21. The molecule has 2 aromatic rings. The van der Waals surface area contributed by atoms with Gasteiger partial charge in [-0.3, -0.25) is 14.6 Å². The molecule has 4 rings (SSSR count). The van der Waals surface area contributed by atoms with Gasteiger partial charge in [-0.15, -0.1) is 0 Å². The zero-order chi connectivity index (χ0) is 28.2. The summed E-state index contributed by atoms with van der Waals surface area (Å²) < 4.78 is 93.2. The summed E-state index contributed by atoms with van der Waals surface area (Å²) in [4.78, 5) is 17.3. The molecule has 2 aliphatic rings. The molecule has 11 heteroatoms. The highest BCUT2D eigenvalue weighted by molar-refractivity contribution is 5.78. The van der Waals surface area contributed by atoms with E-state index in [0.29, 0.717) is 36.8 Å². The number of nitrogens with zero attached hydrogens (tertiary/aromatic N) is 2. The van der Waals surface area contributed by atoms with Gasteiger partial charge in [0.25, 0.3) is 0 Å². The van der Waals surface area contributed by atoms with Crippen molar-refractivity contribution in [2.24, 2.45) is 0 Å². The first kappa shape index (κ1) is 29.3. The van der Waals surface area contributed by atoms with Gasteiger partial charge in [0.2, 0.25) is 5.91 Å². The molecule has 39 heavy (non-hydrogen) atoms. The number of carbonyl (C=O) groups excluding carboxylic acids is 1. The van der Waals surface area contributed by atoms with Crippen molar-refractivity contribution in [3.05, 3.63) is 70.5 Å². The van der Waals surface area contributed by atoms with Crippen LogP contribution >= 0.6 is 0 Å². The van der Waals surface area contributed by atoms with E-state index in [1.54, 1.807) is 12.1 Å². The smallest absolute Gasteiger partial charge is 0.354 e. The maximum Gasteiger partial charge on any atom is 0.416 e. The Morgan fingerprint density at radius 2 is 1.49 bits per heavy atom. The van der Waals surface area contributed by atoms with E-state index >= 15 is 0 Å². The number of nitrogens with one attached hydrogen (secondary N) is 1. The van der Waals surface area contributed by atoms with Crippen molar-refractivity contribution >= 4 is 5.91 Å². The first-order valence-electron chi connectivity index (χ1n) is 13.2. The molecule has 0 aromatic heterocycles. The minimum Gasteiger partial charge on any atom is -0.354 e. The SMILES string of the molecule is O=C(Cc1cc(C(F)(F)F)cc(C(F)(F)F)c1)NCC(c1cccc(F)c1)N1CCN(C2CCCCC2)CC1. The molecule has 1 aliphatic heterocycles. The standard InChI is InChI=1S/C28H32F7N3O/c29-23-6-4-5-20(16-23)25(38-11-9-37(10-12-38)24-7-2-1-3-8-24)18-36-26(39)15-19-13-21(27(30,31)32)17-22(14-19)28(33,34)35/h4-6,13-14,16-17,24-25H,1-3,7-12,15,18H2,(H,36,39). The molecule has 1 saturated heterocycles. The van der Waals surface area contributed by atoms with E-state index in [4.69, 9.17) is 0 Å². The van der Waals surface area contributed by atoms with Crippen molar-refractivity contribution in [3.63, 3.8) is 0 Å². The van der Waals surface area contributed by atoms with Gasteiger partial charge in [0.15, 0.2) is 0 Å². The third-order valence-corrected chi connectivity index (χ3v) is 7.62. The lowest BCUT2D eigenvalue weighted by molar-refractivity contribution is -0.143. The van der Waals surface area contributed by atoms with Gasteiger partial charge in [0, 0.05) is 38.8 Å². The highest BCUT2D eigenvalue weighted by Crippen LogP contribution is 2.36. The second-order valence-corrected chi connectivity index (χ2v) is 10.3. The molecular formula is C28H32F7N3O. The van der Waals surface area contributed by atoms with Gasteiger partial charge in [0.05, 0.1) is 23.6 Å². The van der Waals surface area contributed by atoms with Crippen LogP contribution in [-0.2, 0) is 23.6 Å². The number of amides is 1. The highest BCUT2D eigenvalue weighted by Gasteiger charge is 2.37. The van der Waals surface area contributed by atoms with Crippen LogP contribution in [-0.4, -0.2) is 54.5 Å². The molecule has 2 fully saturated rings. The molecule has 1 atom stereocenters. The Labute approximate surface area is 223 Å². The molecule has 0 bridgehead atoms. The lowest BCUT2D eigenvalue weighted by Crippen LogP contribution is -2.53. The predicted molar refractivity (Wildman–Crippen MR) is 132 cm³/mol. The molecule has 4 nitrogen and oxygen atoms in total. The third kappa shape index (κ3) is 7.94. The topological polar surface area (TPSA) is 35.6 Å². The summed E-state index contributed by atoms with van der Waals surface area (Å²) in [6.07, 6.45) is -4.58. The van der Waals surface area contributed by atoms with Gasteiger partial charge in [0.1, 0.15) is 5.82 Å². The van der Waals surface area contributed by atoms with Gasteiger partial charge in [-0.1, -0.05) is 31.4 Å². The minimum absolute atomic E-state index is 0.0361. The van der Waals surface area contributed by atoms with Crippen LogP contribution in [0.4, 0.5) is 30.7 Å². The van der Waals surface area contributed by atoms with Crippen LogP contribution in [0.5, 0.6) is 0 Å². The number of rotatable bonds is 7. The third-order valence-electron chi connectivity index (χ3n) is 7.62. The van der Waals surface area contributed by atoms with E-state index in [-0.39, 0.29) is 12.6 Å². The lowest BCUT2D eigenvalue weighted by Gasteiger charge is -2.43. The van der Waals surface area contributed by atoms with Crippen LogP contribution in [0.15, 0.2) is 42.5 Å². The van der Waals surface area contributed by atoms with E-state index in [1.165, 1.54) is 44.2 Å². The quantitative estimate of drug-likeness (QED) is 0.410. The summed E-state index contributed by atoms with van der Waals surface area (Å²) in [5, 5.41) is 2.66. The monoisotopic (exact) mass is 559 g/mol. The molecule has 2 aromatic carbocycles. The molecule has 0 radical (unpaired) electrons. The fraction of sp³-hybridized carbons (Fsp3) is 0.536. The largest absolute Gasteiger partial charge is 0.416 e. The van der Waals surface area contributed by atoms with Crippen LogP contribution in [0.1, 0.15) is 60.4 Å². The summed E-state index contributed by atoms with van der Waals surface area (Å²) in [6.45, 7) is 3.08. The zero-order valence-corrected chi connectivity index (χ0v) is 21.4. The molecule has 214 valence electrons. The normalized spacial score (nSPS) is 19.2. The molecule has 1 amide bonds. The Morgan fingerprint density at radius 3 is 2.05 bits per heavy atom. The Hall–Kier alpha value is -2.66. The second-order valence-electron chi connectivity index (χ2n) is 10.3. The number of piperazine rings is 1. The van der Waals surface area contributed by atoms with E-state index in [0.717, 1.165) is 13.1 Å². The predicted octanol–water partition coefficient (Wildman–Crippen LogP) is 6.21. The van der Waals surface area contributed by atoms with E-state index < -0.39 is 53.2 Å². The van der Waals surface area contributed by atoms with Gasteiger partial charge in [-0.2, -0.15) is 26.3 Å². The Morgan fingerprint density at radius 1 is 0.872 bits per heavy atom. The Balaban J connectivity index is 1.45. The van der Waals surface area contributed by atoms with E-state index in [1.807, 2.05) is 0 Å². The van der Waals surface area contributed by atoms with Gasteiger partial charge in [-0.05, 0) is 54.3 Å². The van der Waals surface area contributed by atoms with E-state index in [2.05, 4.69) is 15.1 Å². The molecular weight excluding hydrogens is 527 g/mol. The molecule has 1 N–H and O–H groups in total. The lowest BCUT2D eigenvalue weighted by atomic mass is 9.93. The molecule has 1 heterocycles. The highest BCUT2D eigenvalue weighted by atomic mass is 19.4. The summed E-state index contributed by atoms with van der Waals surface area (Å²) in [5.74, 6) is -1.15. The summed E-state index contributed by atoms with van der Waals surface area (Å²) in [5.41, 5.74) is -2.68. The fourth-order valence-corrected chi connectivity index (χ4v) is 5.61. The number of hydrogen-bond donors (Lipinski definition) is 1. The van der Waals surface area contributed by atoms with Crippen LogP contribution in [0.25, 0.3) is 0 Å². The number of hydrogen-bond acceptors (Lipinski definition) is 3. The average Bonchev–Trinajstić information content (AvgIpc) is 2.88. The number of benzene rings is 2. The van der Waals surface area contributed by atoms with Crippen LogP contribution in [0.3, 0.4) is 0 Å². The van der Waals surface area contributed by atoms with Crippen molar-refractivity contribution < 1.29 is 35.5 Å². The summed E-state index contributed by atoms with van der Waals surface area (Å²) in [6, 6.07) is 7.32. The number of alkyl halides is 6. The number of halogens is 7. The first-order valence-corrected chi connectivity index (χ1v) is 13.2. The van der Waals surface area contributed by atoms with Gasteiger partial charge >= 0.3 is 12.4 Å². The van der Waals surface area contributed by atoms with Crippen molar-refractivity contribution in [2.75, 3.05) is 32.7 Å². The summed E-state index contributed by atoms with van der Waals surface area (Å²) >= 11 is 0. The van der Waals surface area contributed by atoms with Crippen molar-refractivity contribution in [3.8, 4) is 0 Å². The van der Waals surface area contributed by atoms with Crippen molar-refractivity contribution in [1.29, 1.82) is 0 Å². The number of carbonyl (C=O) groups is 1. The van der Waals surface area contributed by atoms with Gasteiger partial charge in [-0.25, -0.2) is 4.39 Å². The maximum atomic E-state index is 14.1. The first-order chi connectivity index (χ1) is 18.4. The van der Waals surface area contributed by atoms with Crippen molar-refractivity contribution in [1.82, 2.24) is 15.1 Å². The van der Waals surface area contributed by atoms with Gasteiger partial charge < -0.3 is 5.32 Å². The van der Waals surface area contributed by atoms with Crippen molar-refractivity contribution in [2.45, 2.75) is 63.0 Å². The maximum absolute atomic E-state index is 14.1. The molecule has 1 saturated carbocycles. The summed E-state index contributed by atoms with van der Waals surface area (Å²) in [7, 11) is 0. The van der Waals surface area contributed by atoms with Crippen LogP contribution < -0.4 is 5.32 Å². The van der Waals surface area contributed by atoms with Crippen LogP contribution in [0, 0.1) is 5.82 Å². The molecule has 1 aliphatic carbocycles. The molecule has 0 spiro atoms. The molecule has 1 unspecified atom stereocenters. The second kappa shape index (κ2) is 12.2. The van der Waals surface area contributed by atoms with Crippen LogP contribution in [0.2, 0.25) is 0 Å². The minimum atomic E-state index is -4.99. The Bertz CT molecular complexity index is 1090.